The quantitative estimate of drug-likeness (QED) is 0.408. The minimum atomic E-state index is 0. The maximum absolute atomic E-state index is 2.74. The Balaban J connectivity index is 0.00000102. The predicted octanol–water partition coefficient (Wildman–Crippen LogP) is 9.77. The molecule has 0 aromatic carbocycles. The van der Waals surface area contributed by atoms with Gasteiger partial charge in [0.1, 0.15) is 0 Å². The smallest absolute Gasteiger partial charge is 0 e. The number of unbranched alkanes of at least 4 members (excludes halogenated alkanes) is 1. The van der Waals surface area contributed by atoms with E-state index in [1.807, 2.05) is 13.8 Å². The number of hydrogen-bond donors (Lipinski definition) is 0. The van der Waals surface area contributed by atoms with Crippen molar-refractivity contribution < 1.29 is 1.43 Å². The first-order chi connectivity index (χ1) is 13.1. The molecule has 28 heavy (non-hydrogen) atoms. The van der Waals surface area contributed by atoms with Crippen molar-refractivity contribution in [2.75, 3.05) is 0 Å². The molecule has 0 saturated heterocycles. The molecule has 168 valence electrons. The number of rotatable bonds is 5. The average Bonchev–Trinajstić information content (AvgIpc) is 3.03. The molecule has 7 unspecified atom stereocenters. The summed E-state index contributed by atoms with van der Waals surface area (Å²) in [5, 5.41) is 0. The van der Waals surface area contributed by atoms with Gasteiger partial charge in [-0.3, -0.25) is 0 Å². The highest BCUT2D eigenvalue weighted by atomic mass is 14.6. The van der Waals surface area contributed by atoms with Crippen LogP contribution in [0.2, 0.25) is 0 Å². The number of hydrogen-bond acceptors (Lipinski definition) is 0. The van der Waals surface area contributed by atoms with E-state index in [0.717, 1.165) is 46.8 Å². The highest BCUT2D eigenvalue weighted by Crippen LogP contribution is 2.64. The average molecular weight is 393 g/mol. The van der Waals surface area contributed by atoms with Gasteiger partial charge >= 0.3 is 0 Å². The summed E-state index contributed by atoms with van der Waals surface area (Å²) in [7, 11) is 0. The van der Waals surface area contributed by atoms with Crippen molar-refractivity contribution in [3.63, 3.8) is 0 Å². The van der Waals surface area contributed by atoms with Crippen LogP contribution in [-0.4, -0.2) is 0 Å². The van der Waals surface area contributed by atoms with Crippen LogP contribution in [0.1, 0.15) is 133 Å². The fourth-order valence-electron chi connectivity index (χ4n) is 8.35. The monoisotopic (exact) mass is 392 g/mol. The van der Waals surface area contributed by atoms with Crippen molar-refractivity contribution in [3.05, 3.63) is 0 Å². The Kier molecular flexibility index (Phi) is 9.41. The maximum Gasteiger partial charge on any atom is 0 e. The lowest BCUT2D eigenvalue weighted by atomic mass is 9.49. The third kappa shape index (κ3) is 4.83. The molecular formula is C28H56. The van der Waals surface area contributed by atoms with Gasteiger partial charge < -0.3 is 0 Å². The lowest BCUT2D eigenvalue weighted by Gasteiger charge is -2.56. The van der Waals surface area contributed by atoms with Crippen LogP contribution in [0, 0.1) is 46.8 Å². The summed E-state index contributed by atoms with van der Waals surface area (Å²) in [5.41, 5.74) is 0.723. The van der Waals surface area contributed by atoms with Gasteiger partial charge in [-0.25, -0.2) is 0 Å². The van der Waals surface area contributed by atoms with Crippen LogP contribution in [0.4, 0.5) is 0 Å². The molecule has 4 saturated carbocycles. The Morgan fingerprint density at radius 2 is 1.57 bits per heavy atom. The third-order valence-corrected chi connectivity index (χ3v) is 9.66. The highest BCUT2D eigenvalue weighted by molar-refractivity contribution is 5.05. The van der Waals surface area contributed by atoms with Crippen LogP contribution < -0.4 is 0 Å². The van der Waals surface area contributed by atoms with Crippen LogP contribution in [0.5, 0.6) is 0 Å². The fraction of sp³-hybridized carbons (Fsp3) is 1.00. The Bertz CT molecular complexity index is 444. The standard InChI is InChI=1S/C25H44.C2H6.CH4.H2/c1-18(2)8-4-6-10-20-13-15-24-23-14-12-19-9-5-7-11-21(19)22(23)16-17-25(20,24)3;1-2;;/h18-24H,4-17H2,1-3H3;1-2H3;1H4;1H. The Morgan fingerprint density at radius 1 is 0.821 bits per heavy atom. The zero-order chi connectivity index (χ0) is 19.4. The molecule has 0 N–H and O–H groups in total. The molecule has 0 heteroatoms. The molecule has 0 spiro atoms. The molecule has 0 aliphatic heterocycles. The summed E-state index contributed by atoms with van der Waals surface area (Å²) in [5.74, 6) is 7.59. The second-order valence-corrected chi connectivity index (χ2v) is 11.2. The minimum absolute atomic E-state index is 0. The summed E-state index contributed by atoms with van der Waals surface area (Å²) < 4.78 is 0. The summed E-state index contributed by atoms with van der Waals surface area (Å²) in [6, 6.07) is 0. The largest absolute Gasteiger partial charge is 0.0776 e. The van der Waals surface area contributed by atoms with Crippen molar-refractivity contribution in [1.82, 2.24) is 0 Å². The van der Waals surface area contributed by atoms with E-state index in [2.05, 4.69) is 20.8 Å². The predicted molar refractivity (Wildman–Crippen MR) is 129 cm³/mol. The molecule has 0 radical (unpaired) electrons. The molecule has 0 heterocycles. The Hall–Kier alpha value is 0. The molecule has 4 rings (SSSR count). The Morgan fingerprint density at radius 3 is 2.32 bits per heavy atom. The summed E-state index contributed by atoms with van der Waals surface area (Å²) in [4.78, 5) is 0. The van der Waals surface area contributed by atoms with E-state index < -0.39 is 0 Å². The van der Waals surface area contributed by atoms with E-state index >= 15 is 0 Å². The van der Waals surface area contributed by atoms with Crippen molar-refractivity contribution >= 4 is 0 Å². The molecule has 0 aromatic heterocycles. The molecule has 7 atom stereocenters. The Labute approximate surface area is 180 Å². The molecule has 0 amide bonds. The molecule has 0 bridgehead atoms. The zero-order valence-corrected chi connectivity index (χ0v) is 19.4. The highest BCUT2D eigenvalue weighted by Gasteiger charge is 2.56. The lowest BCUT2D eigenvalue weighted by Crippen LogP contribution is -2.48. The van der Waals surface area contributed by atoms with Gasteiger partial charge in [0.2, 0.25) is 0 Å². The molecule has 4 aliphatic carbocycles. The zero-order valence-electron chi connectivity index (χ0n) is 19.4. The van der Waals surface area contributed by atoms with Gasteiger partial charge in [-0.1, -0.05) is 80.6 Å². The first-order valence-corrected chi connectivity index (χ1v) is 13.1. The van der Waals surface area contributed by atoms with Crippen molar-refractivity contribution in [2.24, 2.45) is 46.8 Å². The maximum atomic E-state index is 2.74. The van der Waals surface area contributed by atoms with Gasteiger partial charge in [0.15, 0.2) is 0 Å². The molecule has 4 aliphatic rings. The molecule has 4 fully saturated rings. The number of fused-ring (bicyclic) bond motifs is 5. The summed E-state index contributed by atoms with van der Waals surface area (Å²) in [6.45, 7) is 11.5. The van der Waals surface area contributed by atoms with E-state index in [9.17, 15) is 0 Å². The van der Waals surface area contributed by atoms with E-state index in [1.165, 1.54) is 25.7 Å². The van der Waals surface area contributed by atoms with Gasteiger partial charge in [-0.05, 0) is 98.2 Å². The van der Waals surface area contributed by atoms with Gasteiger partial charge in [0.25, 0.3) is 0 Å². The van der Waals surface area contributed by atoms with Crippen molar-refractivity contribution in [2.45, 2.75) is 132 Å². The van der Waals surface area contributed by atoms with E-state index in [1.54, 1.807) is 64.2 Å². The molecule has 0 aromatic rings. The summed E-state index contributed by atoms with van der Waals surface area (Å²) in [6.07, 6.45) is 21.8. The van der Waals surface area contributed by atoms with Crippen LogP contribution in [0.25, 0.3) is 0 Å². The lowest BCUT2D eigenvalue weighted by molar-refractivity contribution is -0.0630. The van der Waals surface area contributed by atoms with Gasteiger partial charge in [0, 0.05) is 1.43 Å². The van der Waals surface area contributed by atoms with E-state index in [4.69, 9.17) is 0 Å². The van der Waals surface area contributed by atoms with Gasteiger partial charge in [-0.15, -0.1) is 0 Å². The topological polar surface area (TPSA) is 0 Å². The van der Waals surface area contributed by atoms with E-state index in [-0.39, 0.29) is 8.85 Å². The van der Waals surface area contributed by atoms with Crippen LogP contribution in [0.15, 0.2) is 0 Å². The first-order valence-electron chi connectivity index (χ1n) is 13.1. The van der Waals surface area contributed by atoms with Crippen LogP contribution >= 0.6 is 0 Å². The first kappa shape index (κ1) is 24.3. The second kappa shape index (κ2) is 10.9. The fourth-order valence-corrected chi connectivity index (χ4v) is 8.35. The second-order valence-electron chi connectivity index (χ2n) is 11.2. The van der Waals surface area contributed by atoms with Crippen LogP contribution in [-0.2, 0) is 0 Å². The van der Waals surface area contributed by atoms with E-state index in [0.29, 0.717) is 0 Å². The summed E-state index contributed by atoms with van der Waals surface area (Å²) >= 11 is 0. The normalized spacial score (nSPS) is 41.8. The van der Waals surface area contributed by atoms with Gasteiger partial charge in [-0.2, -0.15) is 0 Å². The van der Waals surface area contributed by atoms with Crippen LogP contribution in [0.3, 0.4) is 0 Å². The van der Waals surface area contributed by atoms with Gasteiger partial charge in [0.05, 0.1) is 0 Å². The molecule has 0 nitrogen and oxygen atoms in total. The van der Waals surface area contributed by atoms with Crippen molar-refractivity contribution in [1.29, 1.82) is 0 Å². The minimum Gasteiger partial charge on any atom is -0.0776 e. The third-order valence-electron chi connectivity index (χ3n) is 9.66. The molecular weight excluding hydrogens is 336 g/mol. The van der Waals surface area contributed by atoms with Crippen molar-refractivity contribution in [3.8, 4) is 0 Å². The SMILES string of the molecule is C.CC.CC(C)CCCCC1CCC2C3CCC4CCCCC4C3CCC12C.[HH].